The number of ether oxygens (including phenoxy) is 1. The highest BCUT2D eigenvalue weighted by Crippen LogP contribution is 2.33. The number of nitrogens with two attached hydrogens (primary N) is 1. The van der Waals surface area contributed by atoms with E-state index < -0.39 is 17.6 Å². The van der Waals surface area contributed by atoms with Gasteiger partial charge in [-0.25, -0.2) is 9.97 Å². The van der Waals surface area contributed by atoms with Crippen molar-refractivity contribution in [1.29, 1.82) is 0 Å². The maximum absolute atomic E-state index is 13.5. The van der Waals surface area contributed by atoms with Gasteiger partial charge in [-0.2, -0.15) is 18.3 Å². The summed E-state index contributed by atoms with van der Waals surface area (Å²) in [5, 5.41) is 7.27. The Morgan fingerprint density at radius 1 is 1.36 bits per heavy atom. The van der Waals surface area contributed by atoms with Crippen molar-refractivity contribution in [2.24, 2.45) is 5.73 Å². The number of halogens is 3. The van der Waals surface area contributed by atoms with Crippen LogP contribution in [0.2, 0.25) is 0 Å². The van der Waals surface area contributed by atoms with E-state index in [1.165, 1.54) is 0 Å². The zero-order valence-corrected chi connectivity index (χ0v) is 18.4. The number of nitrogens with zero attached hydrogens (tertiary/aromatic N) is 4. The Hall–Kier alpha value is -3.21. The number of nitrogens with one attached hydrogen (secondary N) is 1. The fraction of sp³-hybridized carbons (Fsp3) is 0.455. The summed E-state index contributed by atoms with van der Waals surface area (Å²) in [6.07, 6.45) is 3.05. The SMILES string of the molecule is C=C(CCc1nc(Nc2cnn(C3CCOCC3)c2)ncc1C(F)(F)F)/C(=C\C)CC(N)=O. The predicted molar refractivity (Wildman–Crippen MR) is 117 cm³/mol. The Balaban J connectivity index is 1.75. The minimum absolute atomic E-state index is 0.0187. The zero-order valence-electron chi connectivity index (χ0n) is 18.4. The molecule has 0 spiro atoms. The molecule has 0 bridgehead atoms. The maximum Gasteiger partial charge on any atom is 0.419 e. The van der Waals surface area contributed by atoms with E-state index in [9.17, 15) is 18.0 Å². The third-order valence-electron chi connectivity index (χ3n) is 5.43. The summed E-state index contributed by atoms with van der Waals surface area (Å²) in [6.45, 7) is 6.94. The molecule has 8 nitrogen and oxygen atoms in total. The number of anilines is 2. The van der Waals surface area contributed by atoms with Gasteiger partial charge in [0.05, 0.1) is 35.6 Å². The first-order valence-electron chi connectivity index (χ1n) is 10.6. The number of aryl methyl sites for hydroxylation is 1. The summed E-state index contributed by atoms with van der Waals surface area (Å²) in [5.41, 5.74) is 5.88. The third kappa shape index (κ3) is 6.64. The molecule has 0 aliphatic carbocycles. The molecule has 3 rings (SSSR count). The van der Waals surface area contributed by atoms with Crippen molar-refractivity contribution in [2.75, 3.05) is 18.5 Å². The second kappa shape index (κ2) is 10.6. The summed E-state index contributed by atoms with van der Waals surface area (Å²) in [5.74, 6) is -0.492. The number of hydrogen-bond donors (Lipinski definition) is 2. The lowest BCUT2D eigenvalue weighted by molar-refractivity contribution is -0.138. The molecule has 0 atom stereocenters. The Morgan fingerprint density at radius 3 is 2.73 bits per heavy atom. The standard InChI is InChI=1S/C22H27F3N6O2/c1-3-15(10-20(26)32)14(2)4-5-19-18(22(23,24)25)12-27-21(30-19)29-16-11-28-31(13-16)17-6-8-33-9-7-17/h3,11-13,17H,2,4-10H2,1H3,(H2,26,32)(H,27,29,30)/b15-3-. The number of alkyl halides is 3. The molecule has 1 amide bonds. The summed E-state index contributed by atoms with van der Waals surface area (Å²) >= 11 is 0. The third-order valence-corrected chi connectivity index (χ3v) is 5.43. The molecule has 0 saturated carbocycles. The van der Waals surface area contributed by atoms with Gasteiger partial charge in [0.1, 0.15) is 0 Å². The average Bonchev–Trinajstić information content (AvgIpc) is 3.24. The zero-order chi connectivity index (χ0) is 24.0. The molecule has 1 saturated heterocycles. The quantitative estimate of drug-likeness (QED) is 0.541. The minimum Gasteiger partial charge on any atom is -0.381 e. The number of carbonyl (C=O) groups excluding carboxylic acids is 1. The van der Waals surface area contributed by atoms with Gasteiger partial charge in [-0.3, -0.25) is 9.48 Å². The Kier molecular flexibility index (Phi) is 7.85. The van der Waals surface area contributed by atoms with Gasteiger partial charge in [-0.1, -0.05) is 18.2 Å². The van der Waals surface area contributed by atoms with Crippen molar-refractivity contribution in [3.8, 4) is 0 Å². The predicted octanol–water partition coefficient (Wildman–Crippen LogP) is 4.10. The van der Waals surface area contributed by atoms with E-state index in [1.807, 2.05) is 4.68 Å². The molecule has 3 heterocycles. The Labute approximate surface area is 189 Å². The first-order chi connectivity index (χ1) is 15.7. The maximum atomic E-state index is 13.5. The van der Waals surface area contributed by atoms with Crippen LogP contribution in [0.4, 0.5) is 24.8 Å². The van der Waals surface area contributed by atoms with Gasteiger partial charge >= 0.3 is 6.18 Å². The van der Waals surface area contributed by atoms with Crippen LogP contribution in [0.15, 0.2) is 42.4 Å². The molecule has 178 valence electrons. The molecule has 33 heavy (non-hydrogen) atoms. The van der Waals surface area contributed by atoms with E-state index in [0.29, 0.717) is 30.0 Å². The van der Waals surface area contributed by atoms with Crippen LogP contribution in [-0.2, 0) is 22.1 Å². The Bertz CT molecular complexity index is 1030. The number of hydrogen-bond acceptors (Lipinski definition) is 6. The smallest absolute Gasteiger partial charge is 0.381 e. The van der Waals surface area contributed by atoms with E-state index in [0.717, 1.165) is 19.0 Å². The summed E-state index contributed by atoms with van der Waals surface area (Å²) in [4.78, 5) is 19.2. The van der Waals surface area contributed by atoms with Crippen LogP contribution >= 0.6 is 0 Å². The highest BCUT2D eigenvalue weighted by molar-refractivity contribution is 5.77. The van der Waals surface area contributed by atoms with Crippen molar-refractivity contribution >= 4 is 17.5 Å². The number of primary amides is 1. The molecule has 1 aliphatic rings. The molecule has 1 fully saturated rings. The summed E-state index contributed by atoms with van der Waals surface area (Å²) < 4.78 is 47.7. The number of rotatable bonds is 9. The largest absolute Gasteiger partial charge is 0.419 e. The Morgan fingerprint density at radius 2 is 2.09 bits per heavy atom. The van der Waals surface area contributed by atoms with E-state index in [-0.39, 0.29) is 36.9 Å². The van der Waals surface area contributed by atoms with Crippen LogP contribution < -0.4 is 11.1 Å². The lowest BCUT2D eigenvalue weighted by Crippen LogP contribution is -2.19. The van der Waals surface area contributed by atoms with E-state index in [2.05, 4.69) is 27.0 Å². The average molecular weight is 464 g/mol. The molecule has 0 unspecified atom stereocenters. The van der Waals surface area contributed by atoms with Crippen molar-refractivity contribution in [1.82, 2.24) is 19.7 Å². The van der Waals surface area contributed by atoms with Gasteiger partial charge in [0.15, 0.2) is 0 Å². The van der Waals surface area contributed by atoms with Crippen molar-refractivity contribution in [2.45, 2.75) is 51.2 Å². The van der Waals surface area contributed by atoms with Gasteiger partial charge < -0.3 is 15.8 Å². The van der Waals surface area contributed by atoms with E-state index in [1.54, 1.807) is 25.4 Å². The van der Waals surface area contributed by atoms with Crippen LogP contribution in [0, 0.1) is 0 Å². The second-order valence-corrected chi connectivity index (χ2v) is 7.79. The number of allylic oxidation sites excluding steroid dienone is 2. The van der Waals surface area contributed by atoms with Crippen LogP contribution in [-0.4, -0.2) is 38.9 Å². The molecule has 1 aliphatic heterocycles. The fourth-order valence-corrected chi connectivity index (χ4v) is 3.63. The first kappa shape index (κ1) is 24.4. The molecule has 2 aromatic rings. The van der Waals surface area contributed by atoms with Crippen LogP contribution in [0.25, 0.3) is 0 Å². The lowest BCUT2D eigenvalue weighted by Gasteiger charge is -2.22. The van der Waals surface area contributed by atoms with Gasteiger partial charge in [0.2, 0.25) is 11.9 Å². The molecule has 2 aromatic heterocycles. The summed E-state index contributed by atoms with van der Waals surface area (Å²) in [7, 11) is 0. The van der Waals surface area contributed by atoms with Crippen LogP contribution in [0.3, 0.4) is 0 Å². The monoisotopic (exact) mass is 464 g/mol. The van der Waals surface area contributed by atoms with Crippen molar-refractivity contribution in [3.05, 3.63) is 53.6 Å². The van der Waals surface area contributed by atoms with Gasteiger partial charge in [-0.05, 0) is 38.2 Å². The number of amides is 1. The van der Waals surface area contributed by atoms with Gasteiger partial charge in [-0.15, -0.1) is 0 Å². The van der Waals surface area contributed by atoms with Gasteiger partial charge in [0.25, 0.3) is 0 Å². The molecule has 0 radical (unpaired) electrons. The van der Waals surface area contributed by atoms with Crippen LogP contribution in [0.5, 0.6) is 0 Å². The van der Waals surface area contributed by atoms with Gasteiger partial charge in [0, 0.05) is 25.6 Å². The van der Waals surface area contributed by atoms with Crippen molar-refractivity contribution in [3.63, 3.8) is 0 Å². The number of carbonyl (C=O) groups is 1. The first-order valence-corrected chi connectivity index (χ1v) is 10.6. The number of aromatic nitrogens is 4. The fourth-order valence-electron chi connectivity index (χ4n) is 3.63. The topological polar surface area (TPSA) is 108 Å². The molecular formula is C22H27F3N6O2. The summed E-state index contributed by atoms with van der Waals surface area (Å²) in [6, 6.07) is 0.214. The molecular weight excluding hydrogens is 437 g/mol. The minimum atomic E-state index is -4.60. The normalized spacial score (nSPS) is 15.5. The van der Waals surface area contributed by atoms with Crippen molar-refractivity contribution < 1.29 is 22.7 Å². The molecule has 0 aromatic carbocycles. The molecule has 3 N–H and O–H groups in total. The lowest BCUT2D eigenvalue weighted by atomic mass is 9.97. The molecule has 11 heteroatoms. The highest BCUT2D eigenvalue weighted by Gasteiger charge is 2.35. The van der Waals surface area contributed by atoms with Crippen LogP contribution in [0.1, 0.15) is 49.9 Å². The van der Waals surface area contributed by atoms with E-state index >= 15 is 0 Å². The second-order valence-electron chi connectivity index (χ2n) is 7.79. The highest BCUT2D eigenvalue weighted by atomic mass is 19.4. The van der Waals surface area contributed by atoms with E-state index in [4.69, 9.17) is 10.5 Å².